The summed E-state index contributed by atoms with van der Waals surface area (Å²) >= 11 is 0. The highest BCUT2D eigenvalue weighted by Crippen LogP contribution is 2.38. The smallest absolute Gasteiger partial charge is 0.00895 e. The average molecular weight is 277 g/mol. The predicted octanol–water partition coefficient (Wildman–Crippen LogP) is 5.41. The molecule has 2 aliphatic carbocycles. The lowest BCUT2D eigenvalue weighted by Crippen LogP contribution is -2.32. The molecule has 0 aliphatic heterocycles. The van der Waals surface area contributed by atoms with E-state index in [1.54, 1.807) is 0 Å². The van der Waals surface area contributed by atoms with Gasteiger partial charge in [0.15, 0.2) is 0 Å². The molecule has 1 saturated carbocycles. The molecule has 0 heterocycles. The van der Waals surface area contributed by atoms with Crippen LogP contribution < -0.4 is 0 Å². The van der Waals surface area contributed by atoms with Crippen molar-refractivity contribution in [1.82, 2.24) is 4.90 Å². The summed E-state index contributed by atoms with van der Waals surface area (Å²) in [4.78, 5) is 2.43. The minimum Gasteiger partial charge on any atom is -0.306 e. The van der Waals surface area contributed by atoms with Crippen molar-refractivity contribution in [2.24, 2.45) is 11.8 Å². The van der Waals surface area contributed by atoms with Crippen LogP contribution in [-0.2, 0) is 0 Å². The molecule has 0 aromatic carbocycles. The van der Waals surface area contributed by atoms with E-state index in [1.165, 1.54) is 70.6 Å². The molecule has 0 spiro atoms. The molecule has 0 aromatic heterocycles. The van der Waals surface area contributed by atoms with Gasteiger partial charge in [0, 0.05) is 6.04 Å². The zero-order valence-corrected chi connectivity index (χ0v) is 14.0. The topological polar surface area (TPSA) is 3.24 Å². The fraction of sp³-hybridized carbons (Fsp3) is 0.895. The molecular formula is C19H35N. The first-order valence-electron chi connectivity index (χ1n) is 9.06. The molecule has 0 aromatic rings. The molecule has 2 aliphatic rings. The Hall–Kier alpha value is -0.300. The summed E-state index contributed by atoms with van der Waals surface area (Å²) in [5, 5.41) is 0. The van der Waals surface area contributed by atoms with Crippen LogP contribution in [0.1, 0.15) is 77.6 Å². The lowest BCUT2D eigenvalue weighted by molar-refractivity contribution is 0.202. The molecule has 1 fully saturated rings. The van der Waals surface area contributed by atoms with Crippen LogP contribution >= 0.6 is 0 Å². The van der Waals surface area contributed by atoms with E-state index in [0.29, 0.717) is 0 Å². The van der Waals surface area contributed by atoms with Crippen LogP contribution in [0.25, 0.3) is 0 Å². The van der Waals surface area contributed by atoms with Gasteiger partial charge in [-0.25, -0.2) is 0 Å². The summed E-state index contributed by atoms with van der Waals surface area (Å²) in [5.41, 5.74) is 1.83. The molecule has 0 N–H and O–H groups in total. The highest BCUT2D eigenvalue weighted by Gasteiger charge is 2.26. The van der Waals surface area contributed by atoms with Crippen molar-refractivity contribution in [3.63, 3.8) is 0 Å². The minimum absolute atomic E-state index is 0.845. The number of unbranched alkanes of at least 4 members (excludes halogenated alkanes) is 2. The maximum Gasteiger partial charge on any atom is 0.00895 e. The van der Waals surface area contributed by atoms with Crippen LogP contribution in [0.3, 0.4) is 0 Å². The van der Waals surface area contributed by atoms with Gasteiger partial charge in [0.2, 0.25) is 0 Å². The third-order valence-corrected chi connectivity index (χ3v) is 5.72. The fourth-order valence-electron chi connectivity index (χ4n) is 4.19. The minimum atomic E-state index is 0.845. The van der Waals surface area contributed by atoms with Gasteiger partial charge < -0.3 is 4.90 Å². The van der Waals surface area contributed by atoms with E-state index in [4.69, 9.17) is 0 Å². The molecule has 20 heavy (non-hydrogen) atoms. The summed E-state index contributed by atoms with van der Waals surface area (Å²) in [5.74, 6) is 1.94. The number of hydrogen-bond donors (Lipinski definition) is 0. The van der Waals surface area contributed by atoms with Gasteiger partial charge in [-0.05, 0) is 70.9 Å². The summed E-state index contributed by atoms with van der Waals surface area (Å²) in [7, 11) is 4.48. The second-order valence-electron chi connectivity index (χ2n) is 7.38. The van der Waals surface area contributed by atoms with Crippen molar-refractivity contribution in [1.29, 1.82) is 0 Å². The van der Waals surface area contributed by atoms with E-state index >= 15 is 0 Å². The average Bonchev–Trinajstić information content (AvgIpc) is 2.48. The van der Waals surface area contributed by atoms with Crippen LogP contribution in [0.4, 0.5) is 0 Å². The van der Waals surface area contributed by atoms with Crippen molar-refractivity contribution < 1.29 is 0 Å². The summed E-state index contributed by atoms with van der Waals surface area (Å²) in [6, 6.07) is 0.845. The van der Waals surface area contributed by atoms with Crippen LogP contribution in [0.15, 0.2) is 11.6 Å². The SMILES string of the molecule is CCCCCC1CC=C(C2CCC(N(C)C)CC2)CC1. The van der Waals surface area contributed by atoms with Gasteiger partial charge in [0.05, 0.1) is 0 Å². The zero-order chi connectivity index (χ0) is 14.4. The molecule has 116 valence electrons. The summed E-state index contributed by atoms with van der Waals surface area (Å²) in [6.07, 6.45) is 18.3. The third kappa shape index (κ3) is 4.62. The van der Waals surface area contributed by atoms with E-state index < -0.39 is 0 Å². The number of nitrogens with zero attached hydrogens (tertiary/aromatic N) is 1. The monoisotopic (exact) mass is 277 g/mol. The van der Waals surface area contributed by atoms with Crippen molar-refractivity contribution in [2.75, 3.05) is 14.1 Å². The molecule has 1 atom stereocenters. The Morgan fingerprint density at radius 1 is 1.05 bits per heavy atom. The molecule has 1 heteroatoms. The van der Waals surface area contributed by atoms with Crippen LogP contribution in [0.5, 0.6) is 0 Å². The predicted molar refractivity (Wildman–Crippen MR) is 89.0 cm³/mol. The van der Waals surface area contributed by atoms with Gasteiger partial charge >= 0.3 is 0 Å². The van der Waals surface area contributed by atoms with Gasteiger partial charge in [-0.2, -0.15) is 0 Å². The Morgan fingerprint density at radius 2 is 1.80 bits per heavy atom. The first-order chi connectivity index (χ1) is 9.70. The Bertz CT molecular complexity index is 297. The third-order valence-electron chi connectivity index (χ3n) is 5.72. The van der Waals surface area contributed by atoms with Crippen molar-refractivity contribution in [2.45, 2.75) is 83.6 Å². The van der Waals surface area contributed by atoms with Crippen molar-refractivity contribution in [3.05, 3.63) is 11.6 Å². The molecule has 0 radical (unpaired) electrons. The number of allylic oxidation sites excluding steroid dienone is 2. The summed E-state index contributed by atoms with van der Waals surface area (Å²) < 4.78 is 0. The van der Waals surface area contributed by atoms with E-state index in [2.05, 4.69) is 32.0 Å². The zero-order valence-electron chi connectivity index (χ0n) is 14.0. The molecule has 0 saturated heterocycles. The molecule has 0 amide bonds. The van der Waals surface area contributed by atoms with Crippen molar-refractivity contribution >= 4 is 0 Å². The molecule has 1 nitrogen and oxygen atoms in total. The lowest BCUT2D eigenvalue weighted by Gasteiger charge is -2.35. The molecule has 1 unspecified atom stereocenters. The molecular weight excluding hydrogens is 242 g/mol. The van der Waals surface area contributed by atoms with Crippen molar-refractivity contribution in [3.8, 4) is 0 Å². The van der Waals surface area contributed by atoms with Crippen LogP contribution in [0.2, 0.25) is 0 Å². The first-order valence-corrected chi connectivity index (χ1v) is 9.06. The molecule has 2 rings (SSSR count). The quantitative estimate of drug-likeness (QED) is 0.463. The Balaban J connectivity index is 1.72. The Morgan fingerprint density at radius 3 is 2.35 bits per heavy atom. The first kappa shape index (κ1) is 16.1. The Labute approximate surface area is 126 Å². The number of hydrogen-bond acceptors (Lipinski definition) is 1. The highest BCUT2D eigenvalue weighted by molar-refractivity contribution is 5.11. The molecule has 0 bridgehead atoms. The van der Waals surface area contributed by atoms with E-state index in [9.17, 15) is 0 Å². The normalized spacial score (nSPS) is 31.4. The van der Waals surface area contributed by atoms with Gasteiger partial charge in [-0.3, -0.25) is 0 Å². The van der Waals surface area contributed by atoms with Crippen LogP contribution in [-0.4, -0.2) is 25.0 Å². The second-order valence-corrected chi connectivity index (χ2v) is 7.38. The highest BCUT2D eigenvalue weighted by atomic mass is 15.1. The fourth-order valence-corrected chi connectivity index (χ4v) is 4.19. The Kier molecular flexibility index (Phi) is 6.61. The van der Waals surface area contributed by atoms with Gasteiger partial charge in [-0.15, -0.1) is 0 Å². The van der Waals surface area contributed by atoms with Gasteiger partial charge in [0.1, 0.15) is 0 Å². The maximum atomic E-state index is 2.64. The van der Waals surface area contributed by atoms with E-state index in [-0.39, 0.29) is 0 Å². The second kappa shape index (κ2) is 8.22. The summed E-state index contributed by atoms with van der Waals surface area (Å²) in [6.45, 7) is 2.31. The largest absolute Gasteiger partial charge is 0.306 e. The standard InChI is InChI=1S/C19H35N/c1-4-5-6-7-16-8-10-17(11-9-16)18-12-14-19(15-13-18)20(2)3/h10,16,18-19H,4-9,11-15H2,1-3H3. The maximum absolute atomic E-state index is 2.64. The van der Waals surface area contributed by atoms with Crippen LogP contribution in [0, 0.1) is 11.8 Å². The number of rotatable bonds is 6. The van der Waals surface area contributed by atoms with Gasteiger partial charge in [-0.1, -0.05) is 44.3 Å². The van der Waals surface area contributed by atoms with Gasteiger partial charge in [0.25, 0.3) is 0 Å². The van der Waals surface area contributed by atoms with E-state index in [0.717, 1.165) is 17.9 Å². The lowest BCUT2D eigenvalue weighted by atomic mass is 9.75. The van der Waals surface area contributed by atoms with E-state index in [1.807, 2.05) is 5.57 Å².